The Hall–Kier alpha value is -2.38. The standard InChI is InChI=1S/C18H17ClN4O3S2/c1-22(10-4-9-20)12-23-16-8-7-13(11-17(16)26-18(23)27)28(24,25)21-15-6-3-2-5-14(15)19/h2-3,5-8,11,21H,4,10,12H2,1H3/p+1. The summed E-state index contributed by atoms with van der Waals surface area (Å²) in [4.78, 5) is 1.37. The van der Waals surface area contributed by atoms with Crippen molar-refractivity contribution in [1.29, 1.82) is 5.26 Å². The maximum absolute atomic E-state index is 12.7. The molecule has 0 radical (unpaired) electrons. The molecule has 0 amide bonds. The van der Waals surface area contributed by atoms with E-state index in [1.54, 1.807) is 34.9 Å². The van der Waals surface area contributed by atoms with Gasteiger partial charge in [-0.25, -0.2) is 8.42 Å². The van der Waals surface area contributed by atoms with E-state index in [1.807, 2.05) is 7.05 Å². The van der Waals surface area contributed by atoms with Crippen LogP contribution in [0.25, 0.3) is 11.1 Å². The lowest BCUT2D eigenvalue weighted by molar-refractivity contribution is -0.902. The van der Waals surface area contributed by atoms with Gasteiger partial charge < -0.3 is 9.32 Å². The van der Waals surface area contributed by atoms with Crippen molar-refractivity contribution in [2.75, 3.05) is 18.3 Å². The highest BCUT2D eigenvalue weighted by Crippen LogP contribution is 2.26. The topological polar surface area (TPSA) is 92.5 Å². The van der Waals surface area contributed by atoms with E-state index in [4.69, 9.17) is 33.5 Å². The van der Waals surface area contributed by atoms with Gasteiger partial charge in [-0.15, -0.1) is 0 Å². The first-order valence-corrected chi connectivity index (χ1v) is 10.7. The minimum absolute atomic E-state index is 0.0426. The van der Waals surface area contributed by atoms with E-state index in [-0.39, 0.29) is 9.73 Å². The van der Waals surface area contributed by atoms with Crippen LogP contribution in [0.5, 0.6) is 0 Å². The van der Waals surface area contributed by atoms with Crippen molar-refractivity contribution < 1.29 is 17.7 Å². The Morgan fingerprint density at radius 1 is 1.32 bits per heavy atom. The van der Waals surface area contributed by atoms with Crippen LogP contribution >= 0.6 is 23.8 Å². The first-order chi connectivity index (χ1) is 13.3. The molecule has 146 valence electrons. The van der Waals surface area contributed by atoms with E-state index < -0.39 is 10.0 Å². The predicted molar refractivity (Wildman–Crippen MR) is 109 cm³/mol. The monoisotopic (exact) mass is 437 g/mol. The number of aromatic nitrogens is 1. The van der Waals surface area contributed by atoms with Crippen molar-refractivity contribution >= 4 is 50.6 Å². The van der Waals surface area contributed by atoms with E-state index in [1.165, 1.54) is 12.1 Å². The average Bonchev–Trinajstić information content (AvgIpc) is 2.96. The van der Waals surface area contributed by atoms with E-state index in [0.717, 1.165) is 4.90 Å². The third kappa shape index (κ3) is 4.36. The molecule has 3 aromatic rings. The van der Waals surface area contributed by atoms with Crippen LogP contribution in [-0.2, 0) is 16.7 Å². The lowest BCUT2D eigenvalue weighted by Crippen LogP contribution is -3.08. The third-order valence-electron chi connectivity index (χ3n) is 4.16. The number of rotatable bonds is 7. The molecule has 0 aliphatic heterocycles. The highest BCUT2D eigenvalue weighted by atomic mass is 35.5. The molecule has 0 saturated carbocycles. The predicted octanol–water partition coefficient (Wildman–Crippen LogP) is 2.80. The van der Waals surface area contributed by atoms with Crippen molar-refractivity contribution in [3.8, 4) is 6.07 Å². The minimum atomic E-state index is -3.84. The van der Waals surface area contributed by atoms with Gasteiger partial charge in [0.1, 0.15) is 0 Å². The molecule has 1 heterocycles. The number of quaternary nitrogens is 1. The second kappa shape index (κ2) is 8.32. The molecule has 0 saturated heterocycles. The first-order valence-electron chi connectivity index (χ1n) is 8.41. The molecule has 3 rings (SSSR count). The zero-order valence-corrected chi connectivity index (χ0v) is 17.4. The van der Waals surface area contributed by atoms with Gasteiger partial charge in [0, 0.05) is 6.07 Å². The van der Waals surface area contributed by atoms with Crippen LogP contribution < -0.4 is 9.62 Å². The normalized spacial score (nSPS) is 12.6. The molecule has 0 fully saturated rings. The number of oxazole rings is 1. The Morgan fingerprint density at radius 2 is 2.07 bits per heavy atom. The van der Waals surface area contributed by atoms with E-state index in [2.05, 4.69) is 10.8 Å². The molecule has 0 spiro atoms. The lowest BCUT2D eigenvalue weighted by Gasteiger charge is -2.13. The zero-order chi connectivity index (χ0) is 20.3. The largest absolute Gasteiger partial charge is 0.429 e. The Labute approximate surface area is 172 Å². The third-order valence-corrected chi connectivity index (χ3v) is 6.16. The molecule has 28 heavy (non-hydrogen) atoms. The number of anilines is 1. The number of nitrogens with one attached hydrogen (secondary N) is 2. The highest BCUT2D eigenvalue weighted by Gasteiger charge is 2.19. The van der Waals surface area contributed by atoms with Gasteiger partial charge in [-0.3, -0.25) is 9.29 Å². The summed E-state index contributed by atoms with van der Waals surface area (Å²) in [5.74, 6) is 0. The molecule has 0 aliphatic rings. The Kier molecular flexibility index (Phi) is 6.05. The number of nitriles is 1. The number of benzene rings is 2. The van der Waals surface area contributed by atoms with Crippen LogP contribution in [0.2, 0.25) is 5.02 Å². The van der Waals surface area contributed by atoms with Gasteiger partial charge in [0.2, 0.25) is 0 Å². The van der Waals surface area contributed by atoms with Gasteiger partial charge in [0.05, 0.1) is 47.2 Å². The molecule has 0 bridgehead atoms. The number of halogens is 1. The Bertz CT molecular complexity index is 1210. The lowest BCUT2D eigenvalue weighted by atomic mass is 10.3. The molecule has 2 aromatic carbocycles. The van der Waals surface area contributed by atoms with Crippen LogP contribution in [-0.4, -0.2) is 26.6 Å². The summed E-state index contributed by atoms with van der Waals surface area (Å²) in [7, 11) is -1.90. The quantitative estimate of drug-likeness (QED) is 0.554. The molecule has 0 aliphatic carbocycles. The summed E-state index contributed by atoms with van der Waals surface area (Å²) >= 11 is 11.3. The van der Waals surface area contributed by atoms with Crippen molar-refractivity contribution in [3.63, 3.8) is 0 Å². The second-order valence-corrected chi connectivity index (χ2v) is 8.72. The van der Waals surface area contributed by atoms with Crippen LogP contribution in [0.15, 0.2) is 51.8 Å². The zero-order valence-electron chi connectivity index (χ0n) is 15.0. The van der Waals surface area contributed by atoms with Crippen LogP contribution in [0.4, 0.5) is 5.69 Å². The summed E-state index contributed by atoms with van der Waals surface area (Å²) in [6, 6.07) is 13.3. The molecular weight excluding hydrogens is 420 g/mol. The minimum Gasteiger partial charge on any atom is -0.429 e. The first kappa shape index (κ1) is 20.4. The van der Waals surface area contributed by atoms with Gasteiger partial charge in [-0.2, -0.15) is 5.26 Å². The van der Waals surface area contributed by atoms with Gasteiger partial charge in [0.15, 0.2) is 12.3 Å². The molecule has 1 unspecified atom stereocenters. The fraction of sp³-hybridized carbons (Fsp3) is 0.222. The van der Waals surface area contributed by atoms with Gasteiger partial charge in [-0.05, 0) is 36.5 Å². The van der Waals surface area contributed by atoms with Crippen molar-refractivity contribution in [1.82, 2.24) is 4.57 Å². The summed E-state index contributed by atoms with van der Waals surface area (Å²) in [6.45, 7) is 1.18. The van der Waals surface area contributed by atoms with Crippen molar-refractivity contribution in [3.05, 3.63) is 52.3 Å². The summed E-state index contributed by atoms with van der Waals surface area (Å²) < 4.78 is 35.3. The van der Waals surface area contributed by atoms with Gasteiger partial charge in [0.25, 0.3) is 14.9 Å². The van der Waals surface area contributed by atoms with Gasteiger partial charge >= 0.3 is 0 Å². The number of para-hydroxylation sites is 1. The molecule has 2 N–H and O–H groups in total. The second-order valence-electron chi connectivity index (χ2n) is 6.28. The molecule has 1 aromatic heterocycles. The summed E-state index contributed by atoms with van der Waals surface area (Å²) in [5.41, 5.74) is 1.36. The summed E-state index contributed by atoms with van der Waals surface area (Å²) in [5, 5.41) is 9.02. The van der Waals surface area contributed by atoms with Crippen molar-refractivity contribution in [2.24, 2.45) is 0 Å². The maximum Gasteiger partial charge on any atom is 0.274 e. The van der Waals surface area contributed by atoms with E-state index in [9.17, 15) is 8.42 Å². The maximum atomic E-state index is 12.7. The van der Waals surface area contributed by atoms with Crippen LogP contribution in [0, 0.1) is 16.2 Å². The fourth-order valence-electron chi connectivity index (χ4n) is 2.73. The van der Waals surface area contributed by atoms with Crippen LogP contribution in [0.1, 0.15) is 6.42 Å². The van der Waals surface area contributed by atoms with Crippen molar-refractivity contribution in [2.45, 2.75) is 18.0 Å². The Balaban J connectivity index is 1.92. The van der Waals surface area contributed by atoms with E-state index in [0.29, 0.717) is 41.4 Å². The molecule has 7 nitrogen and oxygen atoms in total. The number of hydrogen-bond donors (Lipinski definition) is 2. The van der Waals surface area contributed by atoms with Crippen LogP contribution in [0.3, 0.4) is 0 Å². The molecule has 10 heteroatoms. The van der Waals surface area contributed by atoms with Gasteiger partial charge in [-0.1, -0.05) is 23.7 Å². The number of hydrogen-bond acceptors (Lipinski definition) is 5. The molecule has 1 atom stereocenters. The summed E-state index contributed by atoms with van der Waals surface area (Å²) in [6.07, 6.45) is 0.436. The molecular formula is C18H18ClN4O3S2+. The van der Waals surface area contributed by atoms with E-state index >= 15 is 0 Å². The smallest absolute Gasteiger partial charge is 0.274 e. The Morgan fingerprint density at radius 3 is 2.79 bits per heavy atom. The number of nitrogens with zero attached hydrogens (tertiary/aromatic N) is 2. The number of fused-ring (bicyclic) bond motifs is 1. The fourth-order valence-corrected chi connectivity index (χ4v) is 4.32. The number of sulfonamides is 1. The average molecular weight is 438 g/mol. The SMILES string of the molecule is C[NH+](CCC#N)Cn1c(=S)oc2cc(S(=O)(=O)Nc3ccccc3Cl)ccc21. The highest BCUT2D eigenvalue weighted by molar-refractivity contribution is 7.92.